The maximum Gasteiger partial charge on any atom is 0.275 e. The average Bonchev–Trinajstić information content (AvgIpc) is 3.17. The van der Waals surface area contributed by atoms with Crippen LogP contribution < -0.4 is 5.73 Å². The summed E-state index contributed by atoms with van der Waals surface area (Å²) in [5, 5.41) is 11.4. The number of hydrogen-bond donors (Lipinski definition) is 2. The molecular weight excluding hydrogens is 370 g/mol. The van der Waals surface area contributed by atoms with Crippen molar-refractivity contribution in [1.29, 1.82) is 0 Å². The van der Waals surface area contributed by atoms with E-state index in [0.29, 0.717) is 19.4 Å². The minimum Gasteiger partial charge on any atom is -0.347 e. The lowest BCUT2D eigenvalue weighted by molar-refractivity contribution is -0.318. The van der Waals surface area contributed by atoms with Crippen molar-refractivity contribution in [2.45, 2.75) is 56.8 Å². The Kier molecular flexibility index (Phi) is 5.01. The van der Waals surface area contributed by atoms with E-state index in [1.54, 1.807) is 18.7 Å². The number of hydrogen-bond acceptors (Lipinski definition) is 5. The number of benzene rings is 1. The molecule has 2 amide bonds. The lowest BCUT2D eigenvalue weighted by atomic mass is 9.95. The Labute approximate surface area is 164 Å². The van der Waals surface area contributed by atoms with Crippen molar-refractivity contribution in [3.63, 3.8) is 0 Å². The third-order valence-electron chi connectivity index (χ3n) is 5.91. The van der Waals surface area contributed by atoms with Gasteiger partial charge in [-0.1, -0.05) is 44.2 Å². The van der Waals surface area contributed by atoms with Crippen molar-refractivity contribution < 1.29 is 19.4 Å². The molecule has 8 heteroatoms. The van der Waals surface area contributed by atoms with Gasteiger partial charge in [-0.3, -0.25) is 25.0 Å². The van der Waals surface area contributed by atoms with Crippen LogP contribution in [0.1, 0.15) is 32.3 Å². The molecule has 1 aromatic rings. The van der Waals surface area contributed by atoms with Gasteiger partial charge in [-0.05, 0) is 18.4 Å². The molecule has 0 radical (unpaired) electrons. The van der Waals surface area contributed by atoms with Gasteiger partial charge in [-0.25, -0.2) is 0 Å². The van der Waals surface area contributed by atoms with Gasteiger partial charge < -0.3 is 10.0 Å². The number of carbonyl (C=O) groups is 2. The zero-order chi connectivity index (χ0) is 18.7. The molecule has 4 rings (SSSR count). The summed E-state index contributed by atoms with van der Waals surface area (Å²) >= 11 is 0. The maximum atomic E-state index is 13.2. The molecule has 3 N–H and O–H groups in total. The van der Waals surface area contributed by atoms with Crippen LogP contribution in [0, 0.1) is 5.92 Å². The highest BCUT2D eigenvalue weighted by Gasteiger charge is 2.70. The van der Waals surface area contributed by atoms with Crippen LogP contribution in [0.3, 0.4) is 0 Å². The molecule has 148 valence electrons. The summed E-state index contributed by atoms with van der Waals surface area (Å²) in [5.74, 6) is -2.88. The Morgan fingerprint density at radius 3 is 2.59 bits per heavy atom. The third kappa shape index (κ3) is 2.76. The molecule has 3 fully saturated rings. The van der Waals surface area contributed by atoms with E-state index >= 15 is 0 Å². The predicted octanol–water partition coefficient (Wildman–Crippen LogP) is 0.840. The van der Waals surface area contributed by atoms with Gasteiger partial charge >= 0.3 is 0 Å². The van der Waals surface area contributed by atoms with Gasteiger partial charge in [0.15, 0.2) is 0 Å². The van der Waals surface area contributed by atoms with Crippen LogP contribution in [0.5, 0.6) is 0 Å². The quantitative estimate of drug-likeness (QED) is 0.790. The smallest absolute Gasteiger partial charge is 0.275 e. The summed E-state index contributed by atoms with van der Waals surface area (Å²) in [7, 11) is 0. The number of nitrogens with zero attached hydrogens (tertiary/aromatic N) is 2. The van der Waals surface area contributed by atoms with Crippen LogP contribution in [-0.4, -0.2) is 57.0 Å². The van der Waals surface area contributed by atoms with E-state index < -0.39 is 29.6 Å². The molecule has 3 heterocycles. The first-order chi connectivity index (χ1) is 12.3. The fourth-order valence-corrected chi connectivity index (χ4v) is 4.37. The van der Waals surface area contributed by atoms with Crippen LogP contribution in [-0.2, 0) is 20.7 Å². The number of halogens is 1. The Morgan fingerprint density at radius 2 is 1.96 bits per heavy atom. The largest absolute Gasteiger partial charge is 0.347 e. The number of piperazine rings is 1. The van der Waals surface area contributed by atoms with E-state index in [4.69, 9.17) is 10.5 Å². The number of rotatable bonds is 3. The summed E-state index contributed by atoms with van der Waals surface area (Å²) in [5.41, 5.74) is 5.55. The summed E-state index contributed by atoms with van der Waals surface area (Å²) < 4.78 is 5.86. The van der Waals surface area contributed by atoms with Crippen LogP contribution in [0.25, 0.3) is 0 Å². The fraction of sp³-hybridized carbons (Fsp3) is 0.579. The Balaban J connectivity index is 0.00000210. The first-order valence-corrected chi connectivity index (χ1v) is 9.18. The first-order valence-electron chi connectivity index (χ1n) is 9.18. The van der Waals surface area contributed by atoms with E-state index in [2.05, 4.69) is 0 Å². The van der Waals surface area contributed by atoms with Crippen LogP contribution >= 0.6 is 12.4 Å². The first kappa shape index (κ1) is 20.1. The fourth-order valence-electron chi connectivity index (χ4n) is 4.37. The number of aliphatic hydroxyl groups is 1. The molecule has 0 saturated carbocycles. The zero-order valence-corrected chi connectivity index (χ0v) is 16.3. The maximum absolute atomic E-state index is 13.2. The zero-order valence-electron chi connectivity index (χ0n) is 15.5. The lowest BCUT2D eigenvalue weighted by Crippen LogP contribution is -2.71. The Morgan fingerprint density at radius 1 is 1.30 bits per heavy atom. The standard InChI is InChI=1S/C19H25N3O4.ClH/c1-12(2)18(20)17(24)22-14(11-13-7-4-3-5-8-13)16(23)21-10-6-9-15(21)19(22,25)26-18;/h3-5,7-8,12,14-15,25H,6,9-11,20H2,1-2H3;1H/t14-,15-,18+,19-;/m0./s1. The van der Waals surface area contributed by atoms with Crippen LogP contribution in [0.15, 0.2) is 30.3 Å². The summed E-state index contributed by atoms with van der Waals surface area (Å²) in [6.45, 7) is 4.11. The summed E-state index contributed by atoms with van der Waals surface area (Å²) in [6.07, 6.45) is 1.66. The van der Waals surface area contributed by atoms with Gasteiger partial charge in [0, 0.05) is 18.9 Å². The van der Waals surface area contributed by atoms with Crippen LogP contribution in [0.4, 0.5) is 0 Å². The minimum absolute atomic E-state index is 0. The van der Waals surface area contributed by atoms with Crippen molar-refractivity contribution in [3.8, 4) is 0 Å². The molecular formula is C19H26ClN3O4. The topological polar surface area (TPSA) is 96.1 Å². The summed E-state index contributed by atoms with van der Waals surface area (Å²) in [6, 6.07) is 8.08. The van der Waals surface area contributed by atoms with Gasteiger partial charge in [0.2, 0.25) is 11.6 Å². The summed E-state index contributed by atoms with van der Waals surface area (Å²) in [4.78, 5) is 29.2. The lowest BCUT2D eigenvalue weighted by Gasteiger charge is -2.48. The van der Waals surface area contributed by atoms with Gasteiger partial charge in [0.25, 0.3) is 11.8 Å². The molecule has 3 aliphatic heterocycles. The molecule has 0 bridgehead atoms. The normalized spacial score (nSPS) is 35.3. The van der Waals surface area contributed by atoms with Crippen LogP contribution in [0.2, 0.25) is 0 Å². The molecule has 0 unspecified atom stereocenters. The molecule has 3 saturated heterocycles. The number of fused-ring (bicyclic) bond motifs is 3. The molecule has 3 aliphatic rings. The molecule has 7 nitrogen and oxygen atoms in total. The monoisotopic (exact) mass is 395 g/mol. The number of nitrogens with two attached hydrogens (primary N) is 1. The predicted molar refractivity (Wildman–Crippen MR) is 101 cm³/mol. The Bertz CT molecular complexity index is 746. The molecule has 1 aromatic carbocycles. The second kappa shape index (κ2) is 6.74. The van der Waals surface area contributed by atoms with E-state index in [-0.39, 0.29) is 24.2 Å². The number of amides is 2. The highest BCUT2D eigenvalue weighted by molar-refractivity contribution is 5.95. The van der Waals surface area contributed by atoms with Crippen molar-refractivity contribution in [2.24, 2.45) is 11.7 Å². The number of carbonyl (C=O) groups excluding carboxylic acids is 2. The minimum atomic E-state index is -1.88. The van der Waals surface area contributed by atoms with E-state index in [9.17, 15) is 14.7 Å². The molecule has 27 heavy (non-hydrogen) atoms. The van der Waals surface area contributed by atoms with E-state index in [1.165, 1.54) is 4.90 Å². The van der Waals surface area contributed by atoms with E-state index in [0.717, 1.165) is 12.0 Å². The molecule has 0 spiro atoms. The Hall–Kier alpha value is -1.67. The van der Waals surface area contributed by atoms with Crippen molar-refractivity contribution in [3.05, 3.63) is 35.9 Å². The van der Waals surface area contributed by atoms with E-state index in [1.807, 2.05) is 30.3 Å². The van der Waals surface area contributed by atoms with Gasteiger partial charge in [-0.15, -0.1) is 12.4 Å². The SMILES string of the molecule is CC(C)[C@@]1(N)O[C@@]2(O)[C@@H]3CCCN3C(=O)[C@H](Cc3ccccc3)N2C1=O.Cl. The van der Waals surface area contributed by atoms with Gasteiger partial charge in [0.05, 0.1) is 0 Å². The van der Waals surface area contributed by atoms with Crippen molar-refractivity contribution in [2.75, 3.05) is 6.54 Å². The average molecular weight is 396 g/mol. The third-order valence-corrected chi connectivity index (χ3v) is 5.91. The second-order valence-electron chi connectivity index (χ2n) is 7.78. The number of ether oxygens (including phenoxy) is 1. The molecule has 0 aromatic heterocycles. The highest BCUT2D eigenvalue weighted by Crippen LogP contribution is 2.46. The van der Waals surface area contributed by atoms with Gasteiger partial charge in [0.1, 0.15) is 12.1 Å². The molecule has 4 atom stereocenters. The van der Waals surface area contributed by atoms with Gasteiger partial charge in [-0.2, -0.15) is 0 Å². The highest BCUT2D eigenvalue weighted by atomic mass is 35.5. The van der Waals surface area contributed by atoms with Crippen molar-refractivity contribution in [1.82, 2.24) is 9.80 Å². The molecule has 0 aliphatic carbocycles. The van der Waals surface area contributed by atoms with Crippen molar-refractivity contribution >= 4 is 24.2 Å². The second-order valence-corrected chi connectivity index (χ2v) is 7.78.